The predicted molar refractivity (Wildman–Crippen MR) is 134 cm³/mol. The number of hydrogen-bond acceptors (Lipinski definition) is 6. The second kappa shape index (κ2) is 10.4. The number of allylic oxidation sites excluding steroid dienone is 3. The molecule has 0 spiro atoms. The van der Waals surface area contributed by atoms with Gasteiger partial charge in [0.15, 0.2) is 17.3 Å². The number of carbonyl (C=O) groups excluding carboxylic acids is 2. The van der Waals surface area contributed by atoms with Crippen molar-refractivity contribution in [1.29, 1.82) is 0 Å². The second-order valence-corrected chi connectivity index (χ2v) is 9.53. The number of nitrogens with one attached hydrogen (secondary N) is 1. The molecule has 2 aliphatic rings. The Hall–Kier alpha value is -3.54. The molecule has 35 heavy (non-hydrogen) atoms. The molecule has 2 aromatic rings. The molecule has 0 radical (unpaired) electrons. The largest absolute Gasteiger partial charge is 0.493 e. The Kier molecular flexibility index (Phi) is 7.29. The van der Waals surface area contributed by atoms with Crippen LogP contribution in [0.5, 0.6) is 11.5 Å². The van der Waals surface area contributed by atoms with Crippen molar-refractivity contribution in [3.05, 3.63) is 82.2 Å². The SMILES string of the molecule is COc1ccc([C@@H]2C(C(=O)OCC(C)C)=C(C)NC3=C2C(=O)C[C@H](c2ccccc2)C3)cc1OC. The van der Waals surface area contributed by atoms with Gasteiger partial charge in [-0.3, -0.25) is 4.79 Å². The molecular formula is C29H33NO5. The van der Waals surface area contributed by atoms with Crippen molar-refractivity contribution in [2.75, 3.05) is 20.8 Å². The highest BCUT2D eigenvalue weighted by molar-refractivity contribution is 6.04. The zero-order chi connectivity index (χ0) is 25.1. The van der Waals surface area contributed by atoms with Gasteiger partial charge in [-0.15, -0.1) is 0 Å². The summed E-state index contributed by atoms with van der Waals surface area (Å²) >= 11 is 0. The van der Waals surface area contributed by atoms with Crippen molar-refractivity contribution in [3.63, 3.8) is 0 Å². The average molecular weight is 476 g/mol. The third-order valence-electron chi connectivity index (χ3n) is 6.61. The van der Waals surface area contributed by atoms with Gasteiger partial charge in [-0.2, -0.15) is 0 Å². The molecule has 1 heterocycles. The van der Waals surface area contributed by atoms with Gasteiger partial charge < -0.3 is 19.5 Å². The van der Waals surface area contributed by atoms with Gasteiger partial charge in [0.25, 0.3) is 0 Å². The van der Waals surface area contributed by atoms with Crippen molar-refractivity contribution < 1.29 is 23.8 Å². The maximum atomic E-state index is 13.7. The van der Waals surface area contributed by atoms with Crippen LogP contribution in [0, 0.1) is 5.92 Å². The summed E-state index contributed by atoms with van der Waals surface area (Å²) in [6.07, 6.45) is 1.09. The fraction of sp³-hybridized carbons (Fsp3) is 0.379. The minimum atomic E-state index is -0.546. The average Bonchev–Trinajstić information content (AvgIpc) is 2.86. The van der Waals surface area contributed by atoms with E-state index in [1.54, 1.807) is 14.2 Å². The number of methoxy groups -OCH3 is 2. The standard InChI is InChI=1S/C29H33NO5/c1-17(2)16-35-29(32)26-18(3)30-22-13-21(19-9-7-6-8-10-19)14-23(31)28(22)27(26)20-11-12-24(33-4)25(15-20)34-5/h6-12,15,17,21,27,30H,13-14,16H2,1-5H3/t21-,27-/m1/s1. The van der Waals surface area contributed by atoms with E-state index in [2.05, 4.69) is 17.4 Å². The molecule has 0 saturated carbocycles. The van der Waals surface area contributed by atoms with Crippen molar-refractivity contribution in [2.24, 2.45) is 5.92 Å². The van der Waals surface area contributed by atoms with Crippen molar-refractivity contribution in [3.8, 4) is 11.5 Å². The van der Waals surface area contributed by atoms with E-state index in [0.29, 0.717) is 47.8 Å². The Labute approximate surface area is 207 Å². The predicted octanol–water partition coefficient (Wildman–Crippen LogP) is 5.26. The van der Waals surface area contributed by atoms with Crippen LogP contribution in [0.25, 0.3) is 0 Å². The molecule has 1 N–H and O–H groups in total. The van der Waals surface area contributed by atoms with Crippen LogP contribution in [-0.2, 0) is 14.3 Å². The number of Topliss-reactive ketones (excluding diaryl/α,β-unsaturated/α-hetero) is 1. The van der Waals surface area contributed by atoms with Gasteiger partial charge in [0, 0.05) is 29.3 Å². The lowest BCUT2D eigenvalue weighted by Gasteiger charge is -2.37. The van der Waals surface area contributed by atoms with E-state index in [0.717, 1.165) is 16.8 Å². The van der Waals surface area contributed by atoms with Crippen molar-refractivity contribution in [1.82, 2.24) is 5.32 Å². The van der Waals surface area contributed by atoms with E-state index in [4.69, 9.17) is 14.2 Å². The zero-order valence-electron chi connectivity index (χ0n) is 21.0. The lowest BCUT2D eigenvalue weighted by atomic mass is 9.71. The fourth-order valence-electron chi connectivity index (χ4n) is 4.96. The number of benzene rings is 2. The summed E-state index contributed by atoms with van der Waals surface area (Å²) in [7, 11) is 3.15. The topological polar surface area (TPSA) is 73.9 Å². The number of rotatable bonds is 7. The third-order valence-corrected chi connectivity index (χ3v) is 6.61. The number of dihydropyridines is 1. The van der Waals surface area contributed by atoms with Gasteiger partial charge >= 0.3 is 5.97 Å². The van der Waals surface area contributed by atoms with E-state index in [9.17, 15) is 9.59 Å². The van der Waals surface area contributed by atoms with Crippen LogP contribution in [0.3, 0.4) is 0 Å². The van der Waals surface area contributed by atoms with Crippen LogP contribution in [-0.4, -0.2) is 32.6 Å². The molecule has 6 nitrogen and oxygen atoms in total. The van der Waals surface area contributed by atoms with Crippen LogP contribution >= 0.6 is 0 Å². The van der Waals surface area contributed by atoms with Gasteiger partial charge in [0.1, 0.15) is 0 Å². The van der Waals surface area contributed by atoms with Gasteiger partial charge in [-0.25, -0.2) is 4.79 Å². The van der Waals surface area contributed by atoms with Crippen LogP contribution < -0.4 is 14.8 Å². The van der Waals surface area contributed by atoms with E-state index in [1.165, 1.54) is 0 Å². The van der Waals surface area contributed by atoms with Gasteiger partial charge in [0.2, 0.25) is 0 Å². The zero-order valence-corrected chi connectivity index (χ0v) is 21.0. The minimum absolute atomic E-state index is 0.0362. The fourth-order valence-corrected chi connectivity index (χ4v) is 4.96. The molecule has 184 valence electrons. The summed E-state index contributed by atoms with van der Waals surface area (Å²) in [6, 6.07) is 15.7. The Morgan fingerprint density at radius 1 is 1.00 bits per heavy atom. The smallest absolute Gasteiger partial charge is 0.336 e. The third kappa shape index (κ3) is 4.97. The van der Waals surface area contributed by atoms with Gasteiger partial charge in [0.05, 0.1) is 26.4 Å². The molecule has 0 fully saturated rings. The first-order chi connectivity index (χ1) is 16.8. The molecule has 2 aromatic carbocycles. The molecule has 4 rings (SSSR count). The number of esters is 1. The Balaban J connectivity index is 1.81. The highest BCUT2D eigenvalue weighted by atomic mass is 16.5. The normalized spacial score (nSPS) is 19.9. The quantitative estimate of drug-likeness (QED) is 0.551. The summed E-state index contributed by atoms with van der Waals surface area (Å²) in [4.78, 5) is 27.0. The van der Waals surface area contributed by atoms with Crippen molar-refractivity contribution in [2.45, 2.75) is 45.4 Å². The van der Waals surface area contributed by atoms with Crippen LogP contribution in [0.4, 0.5) is 0 Å². The van der Waals surface area contributed by atoms with Gasteiger partial charge in [-0.1, -0.05) is 50.2 Å². The Morgan fingerprint density at radius 2 is 1.71 bits per heavy atom. The highest BCUT2D eigenvalue weighted by Gasteiger charge is 2.41. The van der Waals surface area contributed by atoms with Crippen molar-refractivity contribution >= 4 is 11.8 Å². The minimum Gasteiger partial charge on any atom is -0.493 e. The van der Waals surface area contributed by atoms with Crippen LogP contribution in [0.15, 0.2) is 71.1 Å². The number of hydrogen-bond donors (Lipinski definition) is 1. The highest BCUT2D eigenvalue weighted by Crippen LogP contribution is 2.47. The first-order valence-electron chi connectivity index (χ1n) is 12.0. The summed E-state index contributed by atoms with van der Waals surface area (Å²) in [5.41, 5.74) is 4.60. The molecule has 0 saturated heterocycles. The summed E-state index contributed by atoms with van der Waals surface area (Å²) in [6.45, 7) is 6.17. The van der Waals surface area contributed by atoms with Gasteiger partial charge in [-0.05, 0) is 48.4 Å². The summed E-state index contributed by atoms with van der Waals surface area (Å²) in [5, 5.41) is 3.40. The molecule has 0 amide bonds. The second-order valence-electron chi connectivity index (χ2n) is 9.53. The molecule has 1 aliphatic heterocycles. The Morgan fingerprint density at radius 3 is 2.37 bits per heavy atom. The Bertz CT molecular complexity index is 1180. The summed E-state index contributed by atoms with van der Waals surface area (Å²) < 4.78 is 16.6. The lowest BCUT2D eigenvalue weighted by Crippen LogP contribution is -2.36. The molecule has 0 unspecified atom stereocenters. The maximum absolute atomic E-state index is 13.7. The molecule has 0 aromatic heterocycles. The lowest BCUT2D eigenvalue weighted by molar-refractivity contribution is -0.140. The monoisotopic (exact) mass is 475 g/mol. The van der Waals surface area contributed by atoms with E-state index >= 15 is 0 Å². The number of carbonyl (C=O) groups is 2. The molecular weight excluding hydrogens is 442 g/mol. The molecule has 6 heteroatoms. The number of ether oxygens (including phenoxy) is 3. The van der Waals surface area contributed by atoms with E-state index in [-0.39, 0.29) is 17.6 Å². The summed E-state index contributed by atoms with van der Waals surface area (Å²) in [5.74, 6) is 0.501. The van der Waals surface area contributed by atoms with E-state index in [1.807, 2.05) is 57.2 Å². The van der Waals surface area contributed by atoms with Crippen LogP contribution in [0.2, 0.25) is 0 Å². The number of ketones is 1. The van der Waals surface area contributed by atoms with E-state index < -0.39 is 11.9 Å². The van der Waals surface area contributed by atoms with Crippen LogP contribution in [0.1, 0.15) is 56.6 Å². The molecule has 0 bridgehead atoms. The maximum Gasteiger partial charge on any atom is 0.336 e. The first kappa shape index (κ1) is 24.6. The first-order valence-corrected chi connectivity index (χ1v) is 12.0. The molecule has 2 atom stereocenters. The molecule has 1 aliphatic carbocycles.